The van der Waals surface area contributed by atoms with E-state index in [0.717, 1.165) is 28.5 Å². The molecule has 2 aromatic rings. The first-order valence-electron chi connectivity index (χ1n) is 5.92. The van der Waals surface area contributed by atoms with Crippen LogP contribution in [0.4, 0.5) is 5.69 Å². The molecular formula is C14H10ClNO3. The predicted octanol–water partition coefficient (Wildman–Crippen LogP) is 3.57. The Hall–Kier alpha value is -2.07. The number of hydrogen-bond donors (Lipinski definition) is 1. The lowest BCUT2D eigenvalue weighted by Gasteiger charge is -2.12. The zero-order valence-electron chi connectivity index (χ0n) is 9.85. The number of anilines is 1. The van der Waals surface area contributed by atoms with Crippen LogP contribution in [0.5, 0.6) is 17.2 Å². The summed E-state index contributed by atoms with van der Waals surface area (Å²) in [6.07, 6.45) is -0.233. The van der Waals surface area contributed by atoms with Crippen LogP contribution in [0.3, 0.4) is 0 Å². The van der Waals surface area contributed by atoms with Crippen LogP contribution in [-0.4, -0.2) is 6.79 Å². The molecule has 1 N–H and O–H groups in total. The maximum atomic E-state index is 5.96. The highest BCUT2D eigenvalue weighted by Gasteiger charge is 2.25. The minimum Gasteiger partial charge on any atom is -0.464 e. The van der Waals surface area contributed by atoms with Crippen molar-refractivity contribution in [3.8, 4) is 17.2 Å². The topological polar surface area (TPSA) is 39.7 Å². The highest BCUT2D eigenvalue weighted by atomic mass is 35.5. The van der Waals surface area contributed by atoms with Gasteiger partial charge in [0.2, 0.25) is 6.79 Å². The summed E-state index contributed by atoms with van der Waals surface area (Å²) < 4.78 is 16.5. The number of rotatable bonds is 1. The van der Waals surface area contributed by atoms with Crippen molar-refractivity contribution >= 4 is 17.3 Å². The third-order valence-corrected chi connectivity index (χ3v) is 3.41. The number of nitrogens with one attached hydrogen (secondary N) is 1. The van der Waals surface area contributed by atoms with E-state index < -0.39 is 0 Å². The van der Waals surface area contributed by atoms with Crippen LogP contribution in [0.2, 0.25) is 5.02 Å². The predicted molar refractivity (Wildman–Crippen MR) is 71.0 cm³/mol. The first kappa shape index (κ1) is 10.8. The number of benzene rings is 2. The van der Waals surface area contributed by atoms with Gasteiger partial charge in [0, 0.05) is 10.6 Å². The van der Waals surface area contributed by atoms with E-state index in [2.05, 4.69) is 5.32 Å². The molecule has 0 spiro atoms. The van der Waals surface area contributed by atoms with E-state index >= 15 is 0 Å². The Bertz CT molecular complexity index is 659. The zero-order valence-corrected chi connectivity index (χ0v) is 10.6. The van der Waals surface area contributed by atoms with Crippen molar-refractivity contribution in [2.24, 2.45) is 0 Å². The van der Waals surface area contributed by atoms with Crippen molar-refractivity contribution in [2.75, 3.05) is 12.1 Å². The van der Waals surface area contributed by atoms with Gasteiger partial charge in [0.15, 0.2) is 17.7 Å². The van der Waals surface area contributed by atoms with E-state index in [-0.39, 0.29) is 13.0 Å². The van der Waals surface area contributed by atoms with Crippen molar-refractivity contribution in [3.05, 3.63) is 47.0 Å². The summed E-state index contributed by atoms with van der Waals surface area (Å²) in [5.41, 5.74) is 1.88. The van der Waals surface area contributed by atoms with Gasteiger partial charge in [0.25, 0.3) is 0 Å². The van der Waals surface area contributed by atoms with Gasteiger partial charge in [0.05, 0.1) is 5.69 Å². The summed E-state index contributed by atoms with van der Waals surface area (Å²) in [5.74, 6) is 2.31. The lowest BCUT2D eigenvalue weighted by molar-refractivity contribution is 0.173. The molecule has 4 nitrogen and oxygen atoms in total. The standard InChI is InChI=1S/C14H10ClNO3/c15-9-2-4-11-10(6-9)16-14(19-11)8-1-3-12-13(5-8)18-7-17-12/h1-6,14,16H,7H2/t14-/m1/s1. The number of halogens is 1. The molecule has 0 aliphatic carbocycles. The Morgan fingerprint density at radius 2 is 1.84 bits per heavy atom. The van der Waals surface area contributed by atoms with Crippen LogP contribution in [0.1, 0.15) is 11.8 Å². The quantitative estimate of drug-likeness (QED) is 0.864. The molecule has 0 radical (unpaired) electrons. The molecule has 0 saturated carbocycles. The summed E-state index contributed by atoms with van der Waals surface area (Å²) in [6, 6.07) is 11.3. The fraction of sp³-hybridized carbons (Fsp3) is 0.143. The van der Waals surface area contributed by atoms with Crippen molar-refractivity contribution < 1.29 is 14.2 Å². The van der Waals surface area contributed by atoms with Crippen molar-refractivity contribution in [1.82, 2.24) is 0 Å². The van der Waals surface area contributed by atoms with Crippen LogP contribution < -0.4 is 19.5 Å². The van der Waals surface area contributed by atoms with Gasteiger partial charge in [-0.3, -0.25) is 0 Å². The number of fused-ring (bicyclic) bond motifs is 2. The Labute approximate surface area is 114 Å². The molecule has 2 heterocycles. The van der Waals surface area contributed by atoms with Gasteiger partial charge >= 0.3 is 0 Å². The molecule has 2 aliphatic heterocycles. The maximum absolute atomic E-state index is 5.96. The fourth-order valence-electron chi connectivity index (χ4n) is 2.24. The fourth-order valence-corrected chi connectivity index (χ4v) is 2.42. The van der Waals surface area contributed by atoms with E-state index in [1.807, 2.05) is 36.4 Å². The van der Waals surface area contributed by atoms with E-state index in [4.69, 9.17) is 25.8 Å². The molecular weight excluding hydrogens is 266 g/mol. The normalized spacial score (nSPS) is 18.7. The Morgan fingerprint density at radius 3 is 2.79 bits per heavy atom. The summed E-state index contributed by atoms with van der Waals surface area (Å²) >= 11 is 5.96. The second-order valence-electron chi connectivity index (χ2n) is 4.40. The van der Waals surface area contributed by atoms with Crippen LogP contribution in [0.25, 0.3) is 0 Å². The molecule has 0 bridgehead atoms. The van der Waals surface area contributed by atoms with Gasteiger partial charge < -0.3 is 19.5 Å². The van der Waals surface area contributed by atoms with Crippen molar-refractivity contribution in [2.45, 2.75) is 6.23 Å². The average Bonchev–Trinajstić information content (AvgIpc) is 3.02. The second-order valence-corrected chi connectivity index (χ2v) is 4.83. The van der Waals surface area contributed by atoms with Gasteiger partial charge in [0.1, 0.15) is 5.75 Å². The van der Waals surface area contributed by atoms with Crippen LogP contribution in [0, 0.1) is 0 Å². The Morgan fingerprint density at radius 1 is 1.00 bits per heavy atom. The molecule has 5 heteroatoms. The van der Waals surface area contributed by atoms with E-state index in [1.54, 1.807) is 0 Å². The second kappa shape index (κ2) is 3.96. The molecule has 0 fully saturated rings. The van der Waals surface area contributed by atoms with Crippen molar-refractivity contribution in [3.63, 3.8) is 0 Å². The number of ether oxygens (including phenoxy) is 3. The van der Waals surface area contributed by atoms with Gasteiger partial charge in [-0.15, -0.1) is 0 Å². The molecule has 19 heavy (non-hydrogen) atoms. The van der Waals surface area contributed by atoms with Gasteiger partial charge in [-0.2, -0.15) is 0 Å². The van der Waals surface area contributed by atoms with Crippen molar-refractivity contribution in [1.29, 1.82) is 0 Å². The smallest absolute Gasteiger partial charge is 0.231 e. The summed E-state index contributed by atoms with van der Waals surface area (Å²) in [4.78, 5) is 0. The van der Waals surface area contributed by atoms with Crippen LogP contribution in [0.15, 0.2) is 36.4 Å². The van der Waals surface area contributed by atoms with Crippen LogP contribution in [-0.2, 0) is 0 Å². The maximum Gasteiger partial charge on any atom is 0.231 e. The molecule has 2 aromatic carbocycles. The summed E-state index contributed by atoms with van der Waals surface area (Å²) in [5, 5.41) is 3.96. The van der Waals surface area contributed by atoms with Gasteiger partial charge in [-0.1, -0.05) is 11.6 Å². The first-order valence-corrected chi connectivity index (χ1v) is 6.30. The SMILES string of the molecule is Clc1ccc2c(c1)N[C@@H](c1ccc3c(c1)OCO3)O2. The Kier molecular flexibility index (Phi) is 2.26. The largest absolute Gasteiger partial charge is 0.464 e. The molecule has 96 valence electrons. The third kappa shape index (κ3) is 1.76. The molecule has 0 amide bonds. The van der Waals surface area contributed by atoms with E-state index in [0.29, 0.717) is 5.02 Å². The summed E-state index contributed by atoms with van der Waals surface area (Å²) in [7, 11) is 0. The lowest BCUT2D eigenvalue weighted by Crippen LogP contribution is -2.09. The Balaban J connectivity index is 1.65. The minimum absolute atomic E-state index is 0.233. The lowest BCUT2D eigenvalue weighted by atomic mass is 10.2. The third-order valence-electron chi connectivity index (χ3n) is 3.17. The molecule has 4 rings (SSSR count). The minimum atomic E-state index is -0.233. The molecule has 0 unspecified atom stereocenters. The van der Waals surface area contributed by atoms with Gasteiger partial charge in [-0.05, 0) is 36.4 Å². The average molecular weight is 276 g/mol. The highest BCUT2D eigenvalue weighted by Crippen LogP contribution is 2.41. The first-order chi connectivity index (χ1) is 9.29. The van der Waals surface area contributed by atoms with E-state index in [1.165, 1.54) is 0 Å². The molecule has 1 atom stereocenters. The number of hydrogen-bond acceptors (Lipinski definition) is 4. The molecule has 2 aliphatic rings. The van der Waals surface area contributed by atoms with E-state index in [9.17, 15) is 0 Å². The highest BCUT2D eigenvalue weighted by molar-refractivity contribution is 6.30. The van der Waals surface area contributed by atoms with Gasteiger partial charge in [-0.25, -0.2) is 0 Å². The van der Waals surface area contributed by atoms with Crippen LogP contribution >= 0.6 is 11.6 Å². The molecule has 0 saturated heterocycles. The monoisotopic (exact) mass is 275 g/mol. The summed E-state index contributed by atoms with van der Waals surface area (Å²) in [6.45, 7) is 0.271. The molecule has 0 aromatic heterocycles. The zero-order chi connectivity index (χ0) is 12.8.